The molecule has 0 aliphatic carbocycles. The number of hydrogen-bond acceptors (Lipinski definition) is 4. The summed E-state index contributed by atoms with van der Waals surface area (Å²) < 4.78 is 1.84. The van der Waals surface area contributed by atoms with E-state index in [4.69, 9.17) is 11.6 Å². The number of carbonyl (C=O) groups excluding carboxylic acids is 2. The number of likely N-dealkylation sites (tertiary alicyclic amines) is 1. The van der Waals surface area contributed by atoms with E-state index in [1.807, 2.05) is 64.1 Å². The number of aromatic nitrogens is 3. The fraction of sp³-hybridized carbons (Fsp3) is 0.200. The molecule has 6 rings (SSSR count). The van der Waals surface area contributed by atoms with Crippen LogP contribution < -0.4 is 5.32 Å². The van der Waals surface area contributed by atoms with E-state index in [1.54, 1.807) is 18.6 Å². The van der Waals surface area contributed by atoms with E-state index < -0.39 is 0 Å². The molecule has 0 radical (unpaired) electrons. The first-order valence-corrected chi connectivity index (χ1v) is 13.1. The molecule has 0 atom stereocenters. The smallest absolute Gasteiger partial charge is 0.253 e. The number of benzene rings is 3. The number of hydrogen-bond donors (Lipinski definition) is 1. The molecule has 3 heterocycles. The van der Waals surface area contributed by atoms with Gasteiger partial charge in [0.05, 0.1) is 27.9 Å². The molecule has 1 N–H and O–H groups in total. The fourth-order valence-corrected chi connectivity index (χ4v) is 5.39. The highest BCUT2D eigenvalue weighted by Crippen LogP contribution is 2.30. The Morgan fingerprint density at radius 2 is 1.71 bits per heavy atom. The molecule has 190 valence electrons. The summed E-state index contributed by atoms with van der Waals surface area (Å²) in [4.78, 5) is 36.3. The summed E-state index contributed by atoms with van der Waals surface area (Å²) in [6, 6.07) is 23.1. The molecule has 3 aromatic carbocycles. The van der Waals surface area contributed by atoms with Gasteiger partial charge in [0.25, 0.3) is 5.91 Å². The van der Waals surface area contributed by atoms with E-state index in [0.29, 0.717) is 29.6 Å². The second-order valence-corrected chi connectivity index (χ2v) is 10.0. The molecule has 7 nitrogen and oxygen atoms in total. The van der Waals surface area contributed by atoms with Gasteiger partial charge in [-0.25, -0.2) is 4.98 Å². The number of pyridine rings is 1. The van der Waals surface area contributed by atoms with Crippen LogP contribution in [0.1, 0.15) is 34.7 Å². The largest absolute Gasteiger partial charge is 0.339 e. The maximum Gasteiger partial charge on any atom is 0.253 e. The monoisotopic (exact) mass is 523 g/mol. The SMILES string of the molecule is O=C(Cn1cnc2ccccc21)Nc1ccc(C2CCN(C(=O)c3ccc4c(Cl)ccnc4c3)CC2)cc1. The van der Waals surface area contributed by atoms with Gasteiger partial charge in [-0.15, -0.1) is 0 Å². The summed E-state index contributed by atoms with van der Waals surface area (Å²) in [5.74, 6) is 0.299. The third kappa shape index (κ3) is 4.85. The van der Waals surface area contributed by atoms with Crippen LogP contribution in [0.2, 0.25) is 5.02 Å². The van der Waals surface area contributed by atoms with Gasteiger partial charge in [0, 0.05) is 35.9 Å². The lowest BCUT2D eigenvalue weighted by Crippen LogP contribution is -2.37. The Bertz CT molecular complexity index is 1640. The molecular weight excluding hydrogens is 498 g/mol. The molecule has 2 amide bonds. The lowest BCUT2D eigenvalue weighted by Gasteiger charge is -2.32. The van der Waals surface area contributed by atoms with Gasteiger partial charge < -0.3 is 14.8 Å². The van der Waals surface area contributed by atoms with Crippen molar-refractivity contribution in [3.05, 3.63) is 101 Å². The summed E-state index contributed by atoms with van der Waals surface area (Å²) in [6.45, 7) is 1.60. The van der Waals surface area contributed by atoms with E-state index >= 15 is 0 Å². The molecule has 38 heavy (non-hydrogen) atoms. The number of carbonyl (C=O) groups is 2. The van der Waals surface area contributed by atoms with Crippen LogP contribution in [0.4, 0.5) is 5.69 Å². The number of fused-ring (bicyclic) bond motifs is 2. The molecule has 0 spiro atoms. The zero-order chi connectivity index (χ0) is 26.1. The van der Waals surface area contributed by atoms with E-state index in [0.717, 1.165) is 40.5 Å². The molecule has 0 saturated carbocycles. The lowest BCUT2D eigenvalue weighted by molar-refractivity contribution is -0.116. The van der Waals surface area contributed by atoms with Crippen molar-refractivity contribution < 1.29 is 9.59 Å². The highest BCUT2D eigenvalue weighted by molar-refractivity contribution is 6.35. The summed E-state index contributed by atoms with van der Waals surface area (Å²) in [7, 11) is 0. The topological polar surface area (TPSA) is 80.1 Å². The maximum atomic E-state index is 13.1. The number of piperidine rings is 1. The molecule has 1 aliphatic heterocycles. The van der Waals surface area contributed by atoms with E-state index in [9.17, 15) is 9.59 Å². The molecule has 8 heteroatoms. The third-order valence-electron chi connectivity index (χ3n) is 7.23. The number of rotatable bonds is 5. The Hall–Kier alpha value is -4.23. The summed E-state index contributed by atoms with van der Waals surface area (Å²) in [6.07, 6.45) is 5.13. The van der Waals surface area contributed by atoms with Gasteiger partial charge in [-0.1, -0.05) is 41.9 Å². The summed E-state index contributed by atoms with van der Waals surface area (Å²) in [5, 5.41) is 4.46. The average molecular weight is 524 g/mol. The first-order valence-electron chi connectivity index (χ1n) is 12.7. The Morgan fingerprint density at radius 1 is 0.921 bits per heavy atom. The summed E-state index contributed by atoms with van der Waals surface area (Å²) >= 11 is 6.23. The van der Waals surface area contributed by atoms with Crippen molar-refractivity contribution >= 4 is 51.0 Å². The summed E-state index contributed by atoms with van der Waals surface area (Å²) in [5.41, 5.74) is 5.15. The van der Waals surface area contributed by atoms with Crippen LogP contribution in [0, 0.1) is 0 Å². The minimum Gasteiger partial charge on any atom is -0.339 e. The van der Waals surface area contributed by atoms with Crippen LogP contribution in [0.15, 0.2) is 85.3 Å². The van der Waals surface area contributed by atoms with Gasteiger partial charge in [0.2, 0.25) is 5.91 Å². The van der Waals surface area contributed by atoms with E-state index in [1.165, 1.54) is 5.56 Å². The number of halogens is 1. The Balaban J connectivity index is 1.04. The number of anilines is 1. The van der Waals surface area contributed by atoms with Crippen LogP contribution in [-0.2, 0) is 11.3 Å². The van der Waals surface area contributed by atoms with Crippen molar-refractivity contribution in [3.8, 4) is 0 Å². The Kier molecular flexibility index (Phi) is 6.52. The van der Waals surface area contributed by atoms with Gasteiger partial charge in [-0.05, 0) is 66.8 Å². The van der Waals surface area contributed by atoms with Crippen molar-refractivity contribution in [2.45, 2.75) is 25.3 Å². The third-order valence-corrected chi connectivity index (χ3v) is 7.56. The number of imidazole rings is 1. The van der Waals surface area contributed by atoms with Crippen LogP contribution >= 0.6 is 11.6 Å². The molecule has 2 aromatic heterocycles. The predicted molar refractivity (Wildman–Crippen MR) is 149 cm³/mol. The van der Waals surface area contributed by atoms with Gasteiger partial charge in [-0.2, -0.15) is 0 Å². The lowest BCUT2D eigenvalue weighted by atomic mass is 9.89. The van der Waals surface area contributed by atoms with E-state index in [-0.39, 0.29) is 18.4 Å². The predicted octanol–water partition coefficient (Wildman–Crippen LogP) is 5.90. The second-order valence-electron chi connectivity index (χ2n) is 9.62. The molecule has 0 unspecified atom stereocenters. The second kappa shape index (κ2) is 10.3. The van der Waals surface area contributed by atoms with Gasteiger partial charge >= 0.3 is 0 Å². The first kappa shape index (κ1) is 24.1. The molecule has 0 bridgehead atoms. The van der Waals surface area contributed by atoms with Crippen molar-refractivity contribution in [1.82, 2.24) is 19.4 Å². The molecular formula is C30H26ClN5O2. The highest BCUT2D eigenvalue weighted by atomic mass is 35.5. The normalized spacial score (nSPS) is 14.2. The van der Waals surface area contributed by atoms with Gasteiger partial charge in [0.15, 0.2) is 0 Å². The van der Waals surface area contributed by atoms with Crippen molar-refractivity contribution in [2.24, 2.45) is 0 Å². The Morgan fingerprint density at radius 3 is 2.53 bits per heavy atom. The van der Waals surface area contributed by atoms with Gasteiger partial charge in [-0.3, -0.25) is 14.6 Å². The van der Waals surface area contributed by atoms with Crippen LogP contribution in [0.5, 0.6) is 0 Å². The number of para-hydroxylation sites is 2. The van der Waals surface area contributed by atoms with Crippen molar-refractivity contribution in [1.29, 1.82) is 0 Å². The van der Waals surface area contributed by atoms with E-state index in [2.05, 4.69) is 27.4 Å². The minimum atomic E-state index is -0.0983. The minimum absolute atomic E-state index is 0.0239. The molecule has 1 aliphatic rings. The molecule has 1 saturated heterocycles. The van der Waals surface area contributed by atoms with Crippen molar-refractivity contribution in [2.75, 3.05) is 18.4 Å². The number of nitrogens with one attached hydrogen (secondary N) is 1. The van der Waals surface area contributed by atoms with Gasteiger partial charge in [0.1, 0.15) is 6.54 Å². The fourth-order valence-electron chi connectivity index (χ4n) is 5.17. The van der Waals surface area contributed by atoms with Crippen LogP contribution in [0.3, 0.4) is 0 Å². The number of nitrogens with zero attached hydrogens (tertiary/aromatic N) is 4. The maximum absolute atomic E-state index is 13.1. The first-order chi connectivity index (χ1) is 18.5. The van der Waals surface area contributed by atoms with Crippen LogP contribution in [0.25, 0.3) is 21.9 Å². The van der Waals surface area contributed by atoms with Crippen LogP contribution in [-0.4, -0.2) is 44.3 Å². The quantitative estimate of drug-likeness (QED) is 0.311. The number of amides is 2. The Labute approximate surface area is 225 Å². The average Bonchev–Trinajstić information content (AvgIpc) is 3.35. The molecule has 5 aromatic rings. The zero-order valence-electron chi connectivity index (χ0n) is 20.7. The zero-order valence-corrected chi connectivity index (χ0v) is 21.4. The standard InChI is InChI=1S/C30H26ClN5O2/c31-25-11-14-32-27-17-22(7-10-24(25)27)30(38)35-15-12-21(13-16-35)20-5-8-23(9-6-20)34-29(37)18-36-19-33-26-3-1-2-4-28(26)36/h1-11,14,17,19,21H,12-13,15-16,18H2,(H,34,37). The molecule has 1 fully saturated rings. The van der Waals surface area contributed by atoms with Crippen molar-refractivity contribution in [3.63, 3.8) is 0 Å². The highest BCUT2D eigenvalue weighted by Gasteiger charge is 2.25.